The van der Waals surface area contributed by atoms with Gasteiger partial charge in [0.25, 0.3) is 5.91 Å². The van der Waals surface area contributed by atoms with Gasteiger partial charge in [0, 0.05) is 0 Å². The summed E-state index contributed by atoms with van der Waals surface area (Å²) in [4.78, 5) is 10.8. The van der Waals surface area contributed by atoms with E-state index in [4.69, 9.17) is 10.5 Å². The molecule has 3 nitrogen and oxygen atoms in total. The van der Waals surface area contributed by atoms with E-state index in [0.717, 1.165) is 12.1 Å². The molecule has 1 aromatic carbocycles. The fourth-order valence-corrected chi connectivity index (χ4v) is 1.05. The molecule has 76 valence electrons. The van der Waals surface area contributed by atoms with Crippen molar-refractivity contribution < 1.29 is 18.3 Å². The fraction of sp³-hybridized carbons (Fsp3) is 0.222. The van der Waals surface area contributed by atoms with Crippen molar-refractivity contribution >= 4 is 5.91 Å². The van der Waals surface area contributed by atoms with Gasteiger partial charge in [-0.05, 0) is 19.1 Å². The summed E-state index contributed by atoms with van der Waals surface area (Å²) in [7, 11) is 0. The molecule has 0 saturated heterocycles. The molecule has 0 aliphatic rings. The molecular formula is C9H9F2NO2. The predicted molar refractivity (Wildman–Crippen MR) is 46.0 cm³/mol. The fourth-order valence-electron chi connectivity index (χ4n) is 1.05. The third-order valence-electron chi connectivity index (χ3n) is 1.59. The van der Waals surface area contributed by atoms with Gasteiger partial charge < -0.3 is 10.5 Å². The summed E-state index contributed by atoms with van der Waals surface area (Å²) in [6.07, 6.45) is 0. The van der Waals surface area contributed by atoms with Crippen molar-refractivity contribution in [2.45, 2.75) is 6.92 Å². The van der Waals surface area contributed by atoms with Crippen LogP contribution in [0.25, 0.3) is 0 Å². The Bertz CT molecular complexity index is 366. The van der Waals surface area contributed by atoms with Crippen molar-refractivity contribution in [1.82, 2.24) is 0 Å². The van der Waals surface area contributed by atoms with Gasteiger partial charge in [-0.1, -0.05) is 0 Å². The van der Waals surface area contributed by atoms with E-state index in [1.165, 1.54) is 0 Å². The minimum atomic E-state index is -1.05. The second-order valence-corrected chi connectivity index (χ2v) is 2.53. The first-order valence-electron chi connectivity index (χ1n) is 3.98. The van der Waals surface area contributed by atoms with Crippen LogP contribution in [-0.4, -0.2) is 12.5 Å². The Morgan fingerprint density at radius 3 is 2.50 bits per heavy atom. The van der Waals surface area contributed by atoms with Crippen LogP contribution in [0.1, 0.15) is 17.3 Å². The van der Waals surface area contributed by atoms with Gasteiger partial charge >= 0.3 is 0 Å². The number of rotatable bonds is 3. The maximum atomic E-state index is 13.1. The third-order valence-corrected chi connectivity index (χ3v) is 1.59. The van der Waals surface area contributed by atoms with E-state index in [9.17, 15) is 13.6 Å². The highest BCUT2D eigenvalue weighted by atomic mass is 19.1. The van der Waals surface area contributed by atoms with Crippen LogP contribution in [0.5, 0.6) is 5.75 Å². The van der Waals surface area contributed by atoms with E-state index in [1.54, 1.807) is 6.92 Å². The molecule has 0 saturated carbocycles. The molecule has 0 atom stereocenters. The summed E-state index contributed by atoms with van der Waals surface area (Å²) < 4.78 is 30.9. The van der Waals surface area contributed by atoms with Crippen LogP contribution in [0.3, 0.4) is 0 Å². The Morgan fingerprint density at radius 1 is 1.43 bits per heavy atom. The molecule has 0 unspecified atom stereocenters. The van der Waals surface area contributed by atoms with Gasteiger partial charge in [0.2, 0.25) is 0 Å². The highest BCUT2D eigenvalue weighted by Gasteiger charge is 2.19. The van der Waals surface area contributed by atoms with Gasteiger partial charge in [-0.15, -0.1) is 0 Å². The van der Waals surface area contributed by atoms with Crippen molar-refractivity contribution in [2.24, 2.45) is 5.73 Å². The number of amides is 1. The minimum absolute atomic E-state index is 0.126. The molecular weight excluding hydrogens is 192 g/mol. The average Bonchev–Trinajstić information content (AvgIpc) is 2.11. The highest BCUT2D eigenvalue weighted by Crippen LogP contribution is 2.24. The highest BCUT2D eigenvalue weighted by molar-refractivity contribution is 5.96. The largest absolute Gasteiger partial charge is 0.490 e. The lowest BCUT2D eigenvalue weighted by Gasteiger charge is -2.08. The maximum Gasteiger partial charge on any atom is 0.255 e. The van der Waals surface area contributed by atoms with Crippen LogP contribution in [0.2, 0.25) is 0 Å². The summed E-state index contributed by atoms with van der Waals surface area (Å²) in [5.74, 6) is -3.17. The molecule has 0 spiro atoms. The molecule has 14 heavy (non-hydrogen) atoms. The van der Waals surface area contributed by atoms with Crippen LogP contribution in [0.15, 0.2) is 12.1 Å². The Hall–Kier alpha value is -1.65. The quantitative estimate of drug-likeness (QED) is 0.804. The van der Waals surface area contributed by atoms with Gasteiger partial charge in [0.1, 0.15) is 11.4 Å². The van der Waals surface area contributed by atoms with Crippen molar-refractivity contribution in [2.75, 3.05) is 6.61 Å². The molecule has 1 amide bonds. The topological polar surface area (TPSA) is 52.3 Å². The molecule has 0 aliphatic carbocycles. The van der Waals surface area contributed by atoms with Crippen molar-refractivity contribution in [3.63, 3.8) is 0 Å². The normalized spacial score (nSPS) is 9.93. The number of hydrogen-bond acceptors (Lipinski definition) is 2. The van der Waals surface area contributed by atoms with E-state index in [0.29, 0.717) is 0 Å². The number of nitrogens with two attached hydrogens (primary N) is 1. The van der Waals surface area contributed by atoms with Gasteiger partial charge in [-0.2, -0.15) is 0 Å². The Kier molecular flexibility index (Phi) is 3.01. The standard InChI is InChI=1S/C9H9F2NO2/c1-2-14-8-6(11)4-3-5(10)7(8)9(12)13/h3-4H,2H2,1H3,(H2,12,13). The summed E-state index contributed by atoms with van der Waals surface area (Å²) in [5.41, 5.74) is 4.34. The van der Waals surface area contributed by atoms with Crippen LogP contribution < -0.4 is 10.5 Å². The van der Waals surface area contributed by atoms with Crippen LogP contribution in [0.4, 0.5) is 8.78 Å². The van der Waals surface area contributed by atoms with E-state index >= 15 is 0 Å². The van der Waals surface area contributed by atoms with Crippen LogP contribution in [0, 0.1) is 11.6 Å². The number of hydrogen-bond donors (Lipinski definition) is 1. The number of benzene rings is 1. The molecule has 2 N–H and O–H groups in total. The van der Waals surface area contributed by atoms with Gasteiger partial charge in [-0.25, -0.2) is 8.78 Å². The Labute approximate surface area is 79.5 Å². The van der Waals surface area contributed by atoms with E-state index < -0.39 is 28.9 Å². The lowest BCUT2D eigenvalue weighted by molar-refractivity contribution is 0.0991. The van der Waals surface area contributed by atoms with Crippen molar-refractivity contribution in [3.8, 4) is 5.75 Å². The zero-order valence-corrected chi connectivity index (χ0v) is 7.51. The second kappa shape index (κ2) is 4.04. The smallest absolute Gasteiger partial charge is 0.255 e. The summed E-state index contributed by atoms with van der Waals surface area (Å²) in [5, 5.41) is 0. The van der Waals surface area contributed by atoms with Gasteiger partial charge in [-0.3, -0.25) is 4.79 Å². The lowest BCUT2D eigenvalue weighted by atomic mass is 10.1. The molecule has 1 aromatic rings. The minimum Gasteiger partial charge on any atom is -0.490 e. The zero-order valence-electron chi connectivity index (χ0n) is 7.51. The van der Waals surface area contributed by atoms with Gasteiger partial charge in [0.15, 0.2) is 11.6 Å². The van der Waals surface area contributed by atoms with Crippen LogP contribution in [-0.2, 0) is 0 Å². The summed E-state index contributed by atoms with van der Waals surface area (Å²) in [6, 6.07) is 1.71. The molecule has 0 radical (unpaired) electrons. The number of ether oxygens (including phenoxy) is 1. The van der Waals surface area contributed by atoms with E-state index in [1.807, 2.05) is 0 Å². The first-order valence-corrected chi connectivity index (χ1v) is 3.98. The molecule has 5 heteroatoms. The number of carbonyl (C=O) groups excluding carboxylic acids is 1. The predicted octanol–water partition coefficient (Wildman–Crippen LogP) is 1.46. The van der Waals surface area contributed by atoms with E-state index in [-0.39, 0.29) is 6.61 Å². The molecule has 0 aliphatic heterocycles. The monoisotopic (exact) mass is 201 g/mol. The zero-order chi connectivity index (χ0) is 10.7. The van der Waals surface area contributed by atoms with Crippen molar-refractivity contribution in [1.29, 1.82) is 0 Å². The molecule has 0 bridgehead atoms. The number of carbonyl (C=O) groups is 1. The first-order chi connectivity index (χ1) is 6.57. The first kappa shape index (κ1) is 10.4. The Balaban J connectivity index is 3.33. The molecule has 0 fully saturated rings. The molecule has 0 aromatic heterocycles. The number of primary amides is 1. The summed E-state index contributed by atoms with van der Waals surface area (Å²) >= 11 is 0. The number of halogens is 2. The second-order valence-electron chi connectivity index (χ2n) is 2.53. The Morgan fingerprint density at radius 2 is 2.00 bits per heavy atom. The molecule has 0 heterocycles. The SMILES string of the molecule is CCOc1c(F)ccc(F)c1C(N)=O. The maximum absolute atomic E-state index is 13.1. The van der Waals surface area contributed by atoms with Crippen molar-refractivity contribution in [3.05, 3.63) is 29.3 Å². The third kappa shape index (κ3) is 1.81. The van der Waals surface area contributed by atoms with Crippen LogP contribution >= 0.6 is 0 Å². The lowest BCUT2D eigenvalue weighted by Crippen LogP contribution is -2.16. The van der Waals surface area contributed by atoms with Gasteiger partial charge in [0.05, 0.1) is 6.61 Å². The summed E-state index contributed by atoms with van der Waals surface area (Å²) in [6.45, 7) is 1.72. The average molecular weight is 201 g/mol. The molecule has 1 rings (SSSR count). The van der Waals surface area contributed by atoms with E-state index in [2.05, 4.69) is 0 Å².